The van der Waals surface area contributed by atoms with Crippen molar-refractivity contribution < 1.29 is 23.7 Å². The third-order valence-corrected chi connectivity index (χ3v) is 2.48. The van der Waals surface area contributed by atoms with Crippen molar-refractivity contribution in [3.8, 4) is 17.2 Å². The van der Waals surface area contributed by atoms with Gasteiger partial charge in [-0.2, -0.15) is 0 Å². The maximum Gasteiger partial charge on any atom is 0.307 e. The van der Waals surface area contributed by atoms with E-state index in [0.717, 1.165) is 0 Å². The molecule has 0 saturated heterocycles. The van der Waals surface area contributed by atoms with Gasteiger partial charge in [-0.3, -0.25) is 4.79 Å². The molecule has 0 spiro atoms. The topological polar surface area (TPSA) is 80.0 Å². The third-order valence-electron chi connectivity index (χ3n) is 2.48. The molecule has 0 radical (unpaired) electrons. The fraction of sp³-hybridized carbons (Fsp3) is 0.462. The molecule has 0 fully saturated rings. The van der Waals surface area contributed by atoms with Crippen molar-refractivity contribution in [1.82, 2.24) is 0 Å². The molecule has 0 bridgehead atoms. The van der Waals surface area contributed by atoms with Crippen LogP contribution in [0.4, 0.5) is 0 Å². The van der Waals surface area contributed by atoms with Crippen LogP contribution in [-0.4, -0.2) is 39.9 Å². The van der Waals surface area contributed by atoms with Crippen LogP contribution in [-0.2, 0) is 9.53 Å². The first-order chi connectivity index (χ1) is 9.12. The second kappa shape index (κ2) is 7.48. The van der Waals surface area contributed by atoms with E-state index in [-0.39, 0.29) is 19.0 Å². The summed E-state index contributed by atoms with van der Waals surface area (Å²) in [7, 11) is 4.39. The molecule has 2 N–H and O–H groups in total. The molecule has 0 aromatic heterocycles. The normalized spacial score (nSPS) is 11.6. The Kier molecular flexibility index (Phi) is 5.95. The molecular weight excluding hydrogens is 250 g/mol. The fourth-order valence-electron chi connectivity index (χ4n) is 1.52. The van der Waals surface area contributed by atoms with Crippen molar-refractivity contribution in [2.45, 2.75) is 12.5 Å². The van der Waals surface area contributed by atoms with Gasteiger partial charge in [0.25, 0.3) is 0 Å². The van der Waals surface area contributed by atoms with Crippen molar-refractivity contribution in [2.24, 2.45) is 5.73 Å². The molecule has 0 heterocycles. The number of carbonyl (C=O) groups excluding carboxylic acids is 1. The Morgan fingerprint density at radius 1 is 1.21 bits per heavy atom. The predicted molar refractivity (Wildman–Crippen MR) is 69.6 cm³/mol. The smallest absolute Gasteiger partial charge is 0.307 e. The molecule has 1 aromatic rings. The number of methoxy groups -OCH3 is 3. The summed E-state index contributed by atoms with van der Waals surface area (Å²) in [5.74, 6) is 1.22. The summed E-state index contributed by atoms with van der Waals surface area (Å²) >= 11 is 0. The molecular formula is C13H19NO5. The number of esters is 1. The highest BCUT2D eigenvalue weighted by atomic mass is 16.5. The highest BCUT2D eigenvalue weighted by Gasteiger charge is 2.14. The van der Waals surface area contributed by atoms with Gasteiger partial charge in [-0.1, -0.05) is 6.07 Å². The number of rotatable bonds is 7. The summed E-state index contributed by atoms with van der Waals surface area (Å²) in [6.45, 7) is 0.179. The largest absolute Gasteiger partial charge is 0.493 e. The second-order valence-corrected chi connectivity index (χ2v) is 3.84. The zero-order valence-corrected chi connectivity index (χ0v) is 11.3. The zero-order valence-electron chi connectivity index (χ0n) is 11.3. The molecule has 19 heavy (non-hydrogen) atoms. The van der Waals surface area contributed by atoms with E-state index in [1.807, 2.05) is 0 Å². The van der Waals surface area contributed by atoms with Gasteiger partial charge in [0, 0.05) is 6.04 Å². The molecule has 0 aliphatic heterocycles. The van der Waals surface area contributed by atoms with E-state index < -0.39 is 6.04 Å². The number of benzene rings is 1. The lowest BCUT2D eigenvalue weighted by Crippen LogP contribution is -2.31. The fourth-order valence-corrected chi connectivity index (χ4v) is 1.52. The highest BCUT2D eigenvalue weighted by molar-refractivity contribution is 5.69. The van der Waals surface area contributed by atoms with Crippen LogP contribution in [0.15, 0.2) is 18.2 Å². The van der Waals surface area contributed by atoms with E-state index in [9.17, 15) is 4.79 Å². The summed E-state index contributed by atoms with van der Waals surface area (Å²) < 4.78 is 20.4. The van der Waals surface area contributed by atoms with Gasteiger partial charge in [0.2, 0.25) is 5.75 Å². The zero-order chi connectivity index (χ0) is 14.3. The molecule has 6 nitrogen and oxygen atoms in total. The molecule has 0 aliphatic rings. The Morgan fingerprint density at radius 3 is 2.47 bits per heavy atom. The van der Waals surface area contributed by atoms with Crippen LogP contribution >= 0.6 is 0 Å². The molecule has 1 aromatic carbocycles. The van der Waals surface area contributed by atoms with Gasteiger partial charge in [-0.25, -0.2) is 0 Å². The first kappa shape index (κ1) is 15.1. The standard InChI is InChI=1S/C13H19NO5/c1-16-10-5-4-6-11(13(10)18-3)19-8-9(14)7-12(15)17-2/h4-6,9H,7-8,14H2,1-3H3. The minimum Gasteiger partial charge on any atom is -0.493 e. The SMILES string of the molecule is COC(=O)CC(N)COc1cccc(OC)c1OC. The number of para-hydroxylation sites is 1. The lowest BCUT2D eigenvalue weighted by atomic mass is 10.2. The van der Waals surface area contributed by atoms with E-state index in [2.05, 4.69) is 4.74 Å². The van der Waals surface area contributed by atoms with Crippen molar-refractivity contribution in [2.75, 3.05) is 27.9 Å². The summed E-state index contributed by atoms with van der Waals surface area (Å²) in [4.78, 5) is 11.1. The van der Waals surface area contributed by atoms with Gasteiger partial charge in [0.05, 0.1) is 27.8 Å². The van der Waals surface area contributed by atoms with Crippen LogP contribution in [0.2, 0.25) is 0 Å². The van der Waals surface area contributed by atoms with Crippen LogP contribution in [0.3, 0.4) is 0 Å². The number of nitrogens with two attached hydrogens (primary N) is 1. The molecule has 1 atom stereocenters. The van der Waals surface area contributed by atoms with Crippen molar-refractivity contribution in [1.29, 1.82) is 0 Å². The lowest BCUT2D eigenvalue weighted by Gasteiger charge is -2.15. The van der Waals surface area contributed by atoms with E-state index in [0.29, 0.717) is 17.2 Å². The van der Waals surface area contributed by atoms with Crippen LogP contribution < -0.4 is 19.9 Å². The van der Waals surface area contributed by atoms with Gasteiger partial charge in [0.1, 0.15) is 6.61 Å². The molecule has 106 valence electrons. The van der Waals surface area contributed by atoms with Gasteiger partial charge in [0.15, 0.2) is 11.5 Å². The van der Waals surface area contributed by atoms with Gasteiger partial charge < -0.3 is 24.7 Å². The van der Waals surface area contributed by atoms with Crippen LogP contribution in [0.25, 0.3) is 0 Å². The Hall–Kier alpha value is -1.95. The van der Waals surface area contributed by atoms with E-state index in [1.165, 1.54) is 14.2 Å². The second-order valence-electron chi connectivity index (χ2n) is 3.84. The molecule has 6 heteroatoms. The quantitative estimate of drug-likeness (QED) is 0.743. The third kappa shape index (κ3) is 4.33. The highest BCUT2D eigenvalue weighted by Crippen LogP contribution is 2.36. The molecule has 0 saturated carbocycles. The van der Waals surface area contributed by atoms with Gasteiger partial charge >= 0.3 is 5.97 Å². The Bertz CT molecular complexity index is 421. The summed E-state index contributed by atoms with van der Waals surface area (Å²) in [5.41, 5.74) is 5.76. The summed E-state index contributed by atoms with van der Waals surface area (Å²) in [5, 5.41) is 0. The maximum absolute atomic E-state index is 11.1. The van der Waals surface area contributed by atoms with E-state index >= 15 is 0 Å². The number of hydrogen-bond acceptors (Lipinski definition) is 6. The lowest BCUT2D eigenvalue weighted by molar-refractivity contribution is -0.141. The first-order valence-corrected chi connectivity index (χ1v) is 5.78. The van der Waals surface area contributed by atoms with Crippen molar-refractivity contribution >= 4 is 5.97 Å². The molecule has 0 amide bonds. The van der Waals surface area contributed by atoms with Crippen LogP contribution in [0.1, 0.15) is 6.42 Å². The van der Waals surface area contributed by atoms with Gasteiger partial charge in [-0.15, -0.1) is 0 Å². The Labute approximate surface area is 112 Å². The molecule has 1 rings (SSSR count). The first-order valence-electron chi connectivity index (χ1n) is 5.78. The van der Waals surface area contributed by atoms with Crippen molar-refractivity contribution in [3.63, 3.8) is 0 Å². The Morgan fingerprint density at radius 2 is 1.89 bits per heavy atom. The summed E-state index contributed by atoms with van der Waals surface area (Å²) in [6.07, 6.45) is 0.1000. The van der Waals surface area contributed by atoms with E-state index in [4.69, 9.17) is 19.9 Å². The van der Waals surface area contributed by atoms with Gasteiger partial charge in [-0.05, 0) is 12.1 Å². The average Bonchev–Trinajstić information content (AvgIpc) is 2.44. The van der Waals surface area contributed by atoms with E-state index in [1.54, 1.807) is 25.3 Å². The monoisotopic (exact) mass is 269 g/mol. The minimum absolute atomic E-state index is 0.1000. The minimum atomic E-state index is -0.441. The average molecular weight is 269 g/mol. The molecule has 1 unspecified atom stereocenters. The van der Waals surface area contributed by atoms with Crippen LogP contribution in [0, 0.1) is 0 Å². The summed E-state index contributed by atoms with van der Waals surface area (Å²) in [6, 6.07) is 4.85. The molecule has 0 aliphatic carbocycles. The number of ether oxygens (including phenoxy) is 4. The number of hydrogen-bond donors (Lipinski definition) is 1. The van der Waals surface area contributed by atoms with Crippen LogP contribution in [0.5, 0.6) is 17.2 Å². The maximum atomic E-state index is 11.1. The number of carbonyl (C=O) groups is 1. The predicted octanol–water partition coefficient (Wildman–Crippen LogP) is 0.973. The van der Waals surface area contributed by atoms with Crippen molar-refractivity contribution in [3.05, 3.63) is 18.2 Å². The Balaban J connectivity index is 2.64.